The third-order valence-electron chi connectivity index (χ3n) is 2.87. The number of pyridine rings is 1. The Kier molecular flexibility index (Phi) is 3.52. The molecular formula is C13H13N5O3. The molecule has 0 aliphatic carbocycles. The van der Waals surface area contributed by atoms with E-state index in [1.54, 1.807) is 34.9 Å². The first kappa shape index (κ1) is 13.1. The van der Waals surface area contributed by atoms with Crippen LogP contribution < -0.4 is 10.6 Å². The molecule has 0 spiro atoms. The van der Waals surface area contributed by atoms with Crippen molar-refractivity contribution in [3.63, 3.8) is 0 Å². The average Bonchev–Trinajstić information content (AvgIpc) is 3.15. The number of amides is 2. The van der Waals surface area contributed by atoms with Gasteiger partial charge in [0.25, 0.3) is 0 Å². The van der Waals surface area contributed by atoms with Gasteiger partial charge in [-0.15, -0.1) is 10.2 Å². The first-order valence-corrected chi connectivity index (χ1v) is 6.30. The van der Waals surface area contributed by atoms with Gasteiger partial charge in [0.15, 0.2) is 5.65 Å². The second kappa shape index (κ2) is 5.63. The Hall–Kier alpha value is -2.87. The van der Waals surface area contributed by atoms with Gasteiger partial charge in [0.1, 0.15) is 11.9 Å². The van der Waals surface area contributed by atoms with Crippen molar-refractivity contribution in [1.29, 1.82) is 0 Å². The van der Waals surface area contributed by atoms with Crippen LogP contribution in [-0.2, 0) is 0 Å². The van der Waals surface area contributed by atoms with Crippen LogP contribution in [0.15, 0.2) is 47.2 Å². The lowest BCUT2D eigenvalue weighted by Crippen LogP contribution is -2.32. The van der Waals surface area contributed by atoms with E-state index in [-0.39, 0.29) is 6.54 Å². The summed E-state index contributed by atoms with van der Waals surface area (Å²) in [5, 5.41) is 22.7. The molecule has 3 N–H and O–H groups in total. The van der Waals surface area contributed by atoms with E-state index in [0.717, 1.165) is 0 Å². The van der Waals surface area contributed by atoms with Gasteiger partial charge in [-0.25, -0.2) is 4.79 Å². The summed E-state index contributed by atoms with van der Waals surface area (Å²) in [7, 11) is 0. The van der Waals surface area contributed by atoms with Crippen LogP contribution in [0.3, 0.4) is 0 Å². The van der Waals surface area contributed by atoms with Crippen molar-refractivity contribution in [1.82, 2.24) is 19.9 Å². The number of nitrogens with one attached hydrogen (secondary N) is 2. The van der Waals surface area contributed by atoms with E-state index < -0.39 is 12.1 Å². The van der Waals surface area contributed by atoms with Gasteiger partial charge in [-0.05, 0) is 24.3 Å². The molecule has 3 aromatic heterocycles. The maximum Gasteiger partial charge on any atom is 0.321 e. The van der Waals surface area contributed by atoms with Gasteiger partial charge in [0.2, 0.25) is 5.95 Å². The van der Waals surface area contributed by atoms with Crippen molar-refractivity contribution in [2.45, 2.75) is 6.10 Å². The number of furan rings is 1. The molecule has 2 amide bonds. The highest BCUT2D eigenvalue weighted by Crippen LogP contribution is 2.12. The van der Waals surface area contributed by atoms with Crippen LogP contribution in [-0.4, -0.2) is 32.3 Å². The number of aliphatic hydroxyl groups is 1. The Labute approximate surface area is 119 Å². The topological polar surface area (TPSA) is 105 Å². The zero-order chi connectivity index (χ0) is 14.7. The summed E-state index contributed by atoms with van der Waals surface area (Å²) in [6.07, 6.45) is 2.30. The number of nitrogens with zero attached hydrogens (tertiary/aromatic N) is 3. The second-order valence-corrected chi connectivity index (χ2v) is 4.32. The summed E-state index contributed by atoms with van der Waals surface area (Å²) < 4.78 is 6.68. The number of aromatic nitrogens is 3. The highest BCUT2D eigenvalue weighted by atomic mass is 16.4. The van der Waals surface area contributed by atoms with Crippen LogP contribution in [0.1, 0.15) is 11.9 Å². The van der Waals surface area contributed by atoms with E-state index in [4.69, 9.17) is 4.42 Å². The molecule has 3 aromatic rings. The number of anilines is 1. The van der Waals surface area contributed by atoms with E-state index in [9.17, 15) is 9.90 Å². The van der Waals surface area contributed by atoms with Gasteiger partial charge >= 0.3 is 6.03 Å². The van der Waals surface area contributed by atoms with Gasteiger partial charge in [-0.2, -0.15) is 0 Å². The number of fused-ring (bicyclic) bond motifs is 1. The summed E-state index contributed by atoms with van der Waals surface area (Å²) in [5.41, 5.74) is 0.628. The molecule has 1 atom stereocenters. The molecule has 0 fully saturated rings. The standard InChI is InChI=1S/C13H13N5O3/c19-9(10-4-3-7-21-10)8-14-13(20)15-12-17-16-11-5-1-2-6-18(11)12/h1-7,9,19H,8H2,(H2,14,15,17,20). The largest absolute Gasteiger partial charge is 0.467 e. The van der Waals surface area contributed by atoms with Crippen LogP contribution in [0.25, 0.3) is 5.65 Å². The average molecular weight is 287 g/mol. The van der Waals surface area contributed by atoms with Crippen LogP contribution >= 0.6 is 0 Å². The fraction of sp³-hybridized carbons (Fsp3) is 0.154. The van der Waals surface area contributed by atoms with Gasteiger partial charge in [-0.1, -0.05) is 6.07 Å². The molecule has 21 heavy (non-hydrogen) atoms. The summed E-state index contributed by atoms with van der Waals surface area (Å²) in [6.45, 7) is 0.0239. The van der Waals surface area contributed by atoms with Crippen LogP contribution in [0, 0.1) is 0 Å². The molecule has 0 aliphatic heterocycles. The predicted octanol–water partition coefficient (Wildman–Crippen LogP) is 1.18. The molecule has 3 heterocycles. The molecule has 0 bridgehead atoms. The van der Waals surface area contributed by atoms with Gasteiger partial charge in [-0.3, -0.25) is 9.72 Å². The van der Waals surface area contributed by atoms with E-state index in [1.807, 2.05) is 6.07 Å². The number of carbonyl (C=O) groups excluding carboxylic acids is 1. The van der Waals surface area contributed by atoms with Crippen molar-refractivity contribution in [2.24, 2.45) is 0 Å². The fourth-order valence-corrected chi connectivity index (χ4v) is 1.84. The summed E-state index contributed by atoms with van der Waals surface area (Å²) >= 11 is 0. The highest BCUT2D eigenvalue weighted by Gasteiger charge is 2.13. The number of urea groups is 1. The lowest BCUT2D eigenvalue weighted by Gasteiger charge is -2.09. The monoisotopic (exact) mass is 287 g/mol. The van der Waals surface area contributed by atoms with Gasteiger partial charge in [0, 0.05) is 6.20 Å². The highest BCUT2D eigenvalue weighted by molar-refractivity contribution is 5.87. The summed E-state index contributed by atoms with van der Waals surface area (Å²) in [6, 6.07) is 8.22. The number of rotatable bonds is 4. The normalized spacial score (nSPS) is 12.2. The van der Waals surface area contributed by atoms with E-state index in [0.29, 0.717) is 17.4 Å². The molecule has 108 valence electrons. The Morgan fingerprint density at radius 2 is 2.24 bits per heavy atom. The van der Waals surface area contributed by atoms with Crippen LogP contribution in [0.5, 0.6) is 0 Å². The Morgan fingerprint density at radius 3 is 3.05 bits per heavy atom. The lowest BCUT2D eigenvalue weighted by atomic mass is 10.3. The van der Waals surface area contributed by atoms with Crippen molar-refractivity contribution in [2.75, 3.05) is 11.9 Å². The molecule has 0 radical (unpaired) electrons. The zero-order valence-corrected chi connectivity index (χ0v) is 10.9. The van der Waals surface area contributed by atoms with Crippen LogP contribution in [0.4, 0.5) is 10.7 Å². The first-order chi connectivity index (χ1) is 10.2. The van der Waals surface area contributed by atoms with Gasteiger partial charge < -0.3 is 14.8 Å². The van der Waals surface area contributed by atoms with Crippen LogP contribution in [0.2, 0.25) is 0 Å². The minimum Gasteiger partial charge on any atom is -0.467 e. The maximum atomic E-state index is 11.8. The Morgan fingerprint density at radius 1 is 1.33 bits per heavy atom. The Bertz CT molecular complexity index is 737. The Balaban J connectivity index is 1.59. The van der Waals surface area contributed by atoms with E-state index >= 15 is 0 Å². The third kappa shape index (κ3) is 2.84. The minimum absolute atomic E-state index is 0.0239. The molecule has 0 saturated carbocycles. The molecule has 8 nitrogen and oxygen atoms in total. The SMILES string of the molecule is O=C(NCC(O)c1ccco1)Nc1nnc2ccccn12. The molecule has 3 rings (SSSR count). The molecule has 0 aliphatic rings. The number of aliphatic hydroxyl groups excluding tert-OH is 1. The molecule has 1 unspecified atom stereocenters. The lowest BCUT2D eigenvalue weighted by molar-refractivity contribution is 0.149. The zero-order valence-electron chi connectivity index (χ0n) is 10.9. The van der Waals surface area contributed by atoms with E-state index in [2.05, 4.69) is 20.8 Å². The molecule has 0 aromatic carbocycles. The fourth-order valence-electron chi connectivity index (χ4n) is 1.84. The predicted molar refractivity (Wildman–Crippen MR) is 73.7 cm³/mol. The minimum atomic E-state index is -0.902. The number of hydrogen-bond acceptors (Lipinski definition) is 5. The smallest absolute Gasteiger partial charge is 0.321 e. The number of hydrogen-bond donors (Lipinski definition) is 3. The number of carbonyl (C=O) groups is 1. The third-order valence-corrected chi connectivity index (χ3v) is 2.87. The van der Waals surface area contributed by atoms with Gasteiger partial charge in [0.05, 0.1) is 12.8 Å². The quantitative estimate of drug-likeness (QED) is 0.668. The van der Waals surface area contributed by atoms with Crippen molar-refractivity contribution in [3.05, 3.63) is 48.6 Å². The van der Waals surface area contributed by atoms with Crippen molar-refractivity contribution in [3.8, 4) is 0 Å². The van der Waals surface area contributed by atoms with Crippen molar-refractivity contribution >= 4 is 17.6 Å². The molecule has 8 heteroatoms. The van der Waals surface area contributed by atoms with Crippen molar-refractivity contribution < 1.29 is 14.3 Å². The summed E-state index contributed by atoms with van der Waals surface area (Å²) in [5.74, 6) is 0.693. The molecule has 0 saturated heterocycles. The maximum absolute atomic E-state index is 11.8. The van der Waals surface area contributed by atoms with E-state index in [1.165, 1.54) is 6.26 Å². The first-order valence-electron chi connectivity index (χ1n) is 6.30. The second-order valence-electron chi connectivity index (χ2n) is 4.32. The molecular weight excluding hydrogens is 274 g/mol. The summed E-state index contributed by atoms with van der Waals surface area (Å²) in [4.78, 5) is 11.8.